The van der Waals surface area contributed by atoms with Crippen molar-refractivity contribution in [3.63, 3.8) is 0 Å². The van der Waals surface area contributed by atoms with E-state index in [9.17, 15) is 9.59 Å². The first-order chi connectivity index (χ1) is 14.0. The lowest BCUT2D eigenvalue weighted by molar-refractivity contribution is -0.885. The number of hydrogen-bond donors (Lipinski definition) is 2. The molecule has 29 heavy (non-hydrogen) atoms. The van der Waals surface area contributed by atoms with Crippen LogP contribution in [0.25, 0.3) is 0 Å². The number of benzene rings is 2. The highest BCUT2D eigenvalue weighted by atomic mass is 16.6. The average molecular weight is 398 g/mol. The molecule has 2 aromatic rings. The summed E-state index contributed by atoms with van der Waals surface area (Å²) in [7, 11) is 5.41. The van der Waals surface area contributed by atoms with E-state index in [1.54, 1.807) is 24.1 Å². The molecule has 1 atom stereocenters. The van der Waals surface area contributed by atoms with Crippen molar-refractivity contribution in [3.05, 3.63) is 59.2 Å². The van der Waals surface area contributed by atoms with Gasteiger partial charge in [0, 0.05) is 31.8 Å². The first-order valence-electron chi connectivity index (χ1n) is 9.71. The van der Waals surface area contributed by atoms with Gasteiger partial charge in [-0.15, -0.1) is 0 Å². The number of quaternary nitrogens is 1. The van der Waals surface area contributed by atoms with E-state index in [2.05, 4.69) is 5.32 Å². The van der Waals surface area contributed by atoms with E-state index < -0.39 is 0 Å². The predicted molar refractivity (Wildman–Crippen MR) is 109 cm³/mol. The fraction of sp³-hybridized carbons (Fsp3) is 0.364. The third-order valence-corrected chi connectivity index (χ3v) is 4.85. The zero-order valence-electron chi connectivity index (χ0n) is 17.2. The molecule has 0 fully saturated rings. The monoisotopic (exact) mass is 398 g/mol. The van der Waals surface area contributed by atoms with Crippen LogP contribution >= 0.6 is 0 Å². The molecule has 2 N–H and O–H groups in total. The SMILES string of the molecule is CNC(=O)c1ccc(C[NH+](C)CC(=O)N(C)Cc2ccc3c(c2)OCCO3)cc1. The number of hydrogen-bond acceptors (Lipinski definition) is 4. The number of nitrogens with one attached hydrogen (secondary N) is 2. The van der Waals surface area contributed by atoms with Gasteiger partial charge in [0.15, 0.2) is 18.0 Å². The molecule has 0 aliphatic carbocycles. The van der Waals surface area contributed by atoms with Gasteiger partial charge in [0.2, 0.25) is 0 Å². The van der Waals surface area contributed by atoms with Crippen LogP contribution in [-0.4, -0.2) is 57.6 Å². The Hall–Kier alpha value is -3.06. The van der Waals surface area contributed by atoms with Gasteiger partial charge in [0.1, 0.15) is 19.8 Å². The summed E-state index contributed by atoms with van der Waals surface area (Å²) in [5.74, 6) is 1.45. The predicted octanol–water partition coefficient (Wildman–Crippen LogP) is 0.491. The minimum atomic E-state index is -0.104. The molecule has 1 unspecified atom stereocenters. The Kier molecular flexibility index (Phi) is 6.72. The molecule has 0 bridgehead atoms. The van der Waals surface area contributed by atoms with Gasteiger partial charge in [-0.1, -0.05) is 18.2 Å². The Morgan fingerprint density at radius 3 is 2.38 bits per heavy atom. The first-order valence-corrected chi connectivity index (χ1v) is 9.71. The fourth-order valence-corrected chi connectivity index (χ4v) is 3.27. The van der Waals surface area contributed by atoms with Gasteiger partial charge in [-0.3, -0.25) is 9.59 Å². The lowest BCUT2D eigenvalue weighted by Gasteiger charge is -2.22. The molecule has 2 aromatic carbocycles. The largest absolute Gasteiger partial charge is 0.486 e. The summed E-state index contributed by atoms with van der Waals surface area (Å²) < 4.78 is 11.1. The highest BCUT2D eigenvalue weighted by molar-refractivity contribution is 5.93. The van der Waals surface area contributed by atoms with E-state index in [-0.39, 0.29) is 11.8 Å². The molecule has 7 heteroatoms. The van der Waals surface area contributed by atoms with Crippen molar-refractivity contribution in [3.8, 4) is 11.5 Å². The fourth-order valence-electron chi connectivity index (χ4n) is 3.27. The maximum atomic E-state index is 12.6. The topological polar surface area (TPSA) is 72.3 Å². The average Bonchev–Trinajstić information content (AvgIpc) is 2.73. The van der Waals surface area contributed by atoms with Crippen LogP contribution in [0.4, 0.5) is 0 Å². The highest BCUT2D eigenvalue weighted by Crippen LogP contribution is 2.30. The van der Waals surface area contributed by atoms with E-state index in [0.717, 1.165) is 27.5 Å². The second kappa shape index (κ2) is 9.43. The summed E-state index contributed by atoms with van der Waals surface area (Å²) in [5.41, 5.74) is 2.72. The van der Waals surface area contributed by atoms with E-state index >= 15 is 0 Å². The number of ether oxygens (including phenoxy) is 2. The van der Waals surface area contributed by atoms with E-state index in [1.165, 1.54) is 0 Å². The van der Waals surface area contributed by atoms with Crippen LogP contribution in [0, 0.1) is 0 Å². The summed E-state index contributed by atoms with van der Waals surface area (Å²) in [6, 6.07) is 13.2. The minimum absolute atomic E-state index is 0.0689. The molecule has 0 spiro atoms. The maximum absolute atomic E-state index is 12.6. The van der Waals surface area contributed by atoms with Crippen molar-refractivity contribution in [2.75, 3.05) is 40.9 Å². The zero-order chi connectivity index (χ0) is 20.8. The third kappa shape index (κ3) is 5.48. The molecule has 2 amide bonds. The first kappa shape index (κ1) is 20.7. The molecule has 0 saturated heterocycles. The Morgan fingerprint density at radius 2 is 1.69 bits per heavy atom. The van der Waals surface area contributed by atoms with Crippen LogP contribution in [-0.2, 0) is 17.9 Å². The number of fused-ring (bicyclic) bond motifs is 1. The van der Waals surface area contributed by atoms with Gasteiger partial charge < -0.3 is 24.6 Å². The molecule has 3 rings (SSSR count). The number of carbonyl (C=O) groups is 2. The third-order valence-electron chi connectivity index (χ3n) is 4.85. The number of amides is 2. The summed E-state index contributed by atoms with van der Waals surface area (Å²) in [6.45, 7) is 2.72. The molecule has 7 nitrogen and oxygen atoms in total. The Morgan fingerprint density at radius 1 is 1.03 bits per heavy atom. The van der Waals surface area contributed by atoms with Crippen molar-refractivity contribution in [2.24, 2.45) is 0 Å². The van der Waals surface area contributed by atoms with Crippen LogP contribution < -0.4 is 19.7 Å². The number of carbonyl (C=O) groups excluding carboxylic acids is 2. The smallest absolute Gasteiger partial charge is 0.277 e. The number of nitrogens with zero attached hydrogens (tertiary/aromatic N) is 1. The zero-order valence-corrected chi connectivity index (χ0v) is 17.2. The molecule has 0 saturated carbocycles. The van der Waals surface area contributed by atoms with Gasteiger partial charge in [-0.25, -0.2) is 0 Å². The second-order valence-corrected chi connectivity index (χ2v) is 7.31. The van der Waals surface area contributed by atoms with Crippen LogP contribution in [0.1, 0.15) is 21.5 Å². The normalized spacial score (nSPS) is 13.5. The summed E-state index contributed by atoms with van der Waals surface area (Å²) in [6.07, 6.45) is 0. The summed E-state index contributed by atoms with van der Waals surface area (Å²) in [4.78, 5) is 27.0. The van der Waals surface area contributed by atoms with Gasteiger partial charge in [0.05, 0.1) is 7.05 Å². The molecule has 1 aliphatic rings. The van der Waals surface area contributed by atoms with Gasteiger partial charge in [-0.05, 0) is 29.8 Å². The Balaban J connectivity index is 1.51. The minimum Gasteiger partial charge on any atom is -0.486 e. The van der Waals surface area contributed by atoms with Crippen LogP contribution in [0.3, 0.4) is 0 Å². The lowest BCUT2D eigenvalue weighted by atomic mass is 10.1. The molecular weight excluding hydrogens is 370 g/mol. The van der Waals surface area contributed by atoms with Crippen LogP contribution in [0.15, 0.2) is 42.5 Å². The van der Waals surface area contributed by atoms with Gasteiger partial charge in [0.25, 0.3) is 11.8 Å². The Labute approximate surface area is 171 Å². The number of rotatable bonds is 7. The van der Waals surface area contributed by atoms with E-state index in [4.69, 9.17) is 9.47 Å². The van der Waals surface area contributed by atoms with Crippen molar-refractivity contribution in [1.29, 1.82) is 0 Å². The standard InChI is InChI=1S/C22H27N3O4/c1-23-22(27)18-7-4-16(5-8-18)13-24(2)15-21(26)25(3)14-17-6-9-19-20(12-17)29-11-10-28-19/h4-9,12H,10-11,13-15H2,1-3H3,(H,23,27)/p+1. The second-order valence-electron chi connectivity index (χ2n) is 7.31. The molecule has 154 valence electrons. The van der Waals surface area contributed by atoms with Crippen LogP contribution in [0.2, 0.25) is 0 Å². The maximum Gasteiger partial charge on any atom is 0.277 e. The summed E-state index contributed by atoms with van der Waals surface area (Å²) in [5, 5.41) is 2.61. The highest BCUT2D eigenvalue weighted by Gasteiger charge is 2.17. The van der Waals surface area contributed by atoms with Gasteiger partial charge >= 0.3 is 0 Å². The molecule has 1 heterocycles. The van der Waals surface area contributed by atoms with Crippen molar-refractivity contribution >= 4 is 11.8 Å². The van der Waals surface area contributed by atoms with Gasteiger partial charge in [-0.2, -0.15) is 0 Å². The lowest BCUT2D eigenvalue weighted by Crippen LogP contribution is -3.08. The Bertz CT molecular complexity index is 867. The summed E-state index contributed by atoms with van der Waals surface area (Å²) >= 11 is 0. The molecule has 0 aromatic heterocycles. The quantitative estimate of drug-likeness (QED) is 0.712. The van der Waals surface area contributed by atoms with E-state index in [1.807, 2.05) is 44.4 Å². The molecule has 0 radical (unpaired) electrons. The van der Waals surface area contributed by atoms with E-state index in [0.29, 0.717) is 38.4 Å². The number of likely N-dealkylation sites (N-methyl/N-ethyl adjacent to an activating group) is 2. The van der Waals surface area contributed by atoms with Crippen molar-refractivity contribution < 1.29 is 24.0 Å². The van der Waals surface area contributed by atoms with Crippen molar-refractivity contribution in [2.45, 2.75) is 13.1 Å². The molecular formula is C22H28N3O4+. The van der Waals surface area contributed by atoms with Crippen molar-refractivity contribution in [1.82, 2.24) is 10.2 Å². The van der Waals surface area contributed by atoms with Crippen LogP contribution in [0.5, 0.6) is 11.5 Å². The molecule has 1 aliphatic heterocycles.